The van der Waals surface area contributed by atoms with Crippen LogP contribution in [0.1, 0.15) is 19.7 Å². The summed E-state index contributed by atoms with van der Waals surface area (Å²) in [5.41, 5.74) is 7.62. The van der Waals surface area contributed by atoms with Crippen molar-refractivity contribution in [2.75, 3.05) is 11.1 Å². The number of carbonyl (C=O) groups is 1. The lowest BCUT2D eigenvalue weighted by atomic mass is 10.3. The predicted molar refractivity (Wildman–Crippen MR) is 106 cm³/mol. The van der Waals surface area contributed by atoms with E-state index in [0.29, 0.717) is 40.3 Å². The number of hydrogen-bond acceptors (Lipinski definition) is 9. The zero-order chi connectivity index (χ0) is 20.5. The van der Waals surface area contributed by atoms with Crippen LogP contribution in [0.5, 0.6) is 0 Å². The summed E-state index contributed by atoms with van der Waals surface area (Å²) in [6.07, 6.45) is 2.26. The van der Waals surface area contributed by atoms with E-state index in [-0.39, 0.29) is 6.10 Å². The molecule has 0 radical (unpaired) electrons. The van der Waals surface area contributed by atoms with Crippen LogP contribution in [0.2, 0.25) is 0 Å². The van der Waals surface area contributed by atoms with Crippen LogP contribution in [-0.2, 0) is 4.74 Å². The molecule has 0 aliphatic heterocycles. The summed E-state index contributed by atoms with van der Waals surface area (Å²) in [5, 5.41) is 11.5. The topological polar surface area (TPSA) is 138 Å². The van der Waals surface area contributed by atoms with Crippen LogP contribution in [0.15, 0.2) is 36.7 Å². The Labute approximate surface area is 165 Å². The normalized spacial score (nSPS) is 11.2. The van der Waals surface area contributed by atoms with Crippen LogP contribution in [0.3, 0.4) is 0 Å². The highest BCUT2D eigenvalue weighted by molar-refractivity contribution is 5.80. The molecular formula is C18H19N9O2. The van der Waals surface area contributed by atoms with Gasteiger partial charge in [-0.05, 0) is 32.9 Å². The fourth-order valence-electron chi connectivity index (χ4n) is 2.83. The van der Waals surface area contributed by atoms with E-state index in [1.54, 1.807) is 49.7 Å². The molecule has 4 heterocycles. The zero-order valence-electron chi connectivity index (χ0n) is 16.1. The summed E-state index contributed by atoms with van der Waals surface area (Å²) in [6, 6.07) is 6.87. The molecule has 29 heavy (non-hydrogen) atoms. The lowest BCUT2D eigenvalue weighted by molar-refractivity contribution is 0.114. The first-order chi connectivity index (χ1) is 13.9. The summed E-state index contributed by atoms with van der Waals surface area (Å²) in [4.78, 5) is 25.5. The quantitative estimate of drug-likeness (QED) is 0.535. The van der Waals surface area contributed by atoms with Gasteiger partial charge >= 0.3 is 6.09 Å². The summed E-state index contributed by atoms with van der Waals surface area (Å²) in [7, 11) is 0. The first-order valence-corrected chi connectivity index (χ1v) is 8.89. The van der Waals surface area contributed by atoms with Gasteiger partial charge in [-0.3, -0.25) is 0 Å². The van der Waals surface area contributed by atoms with Crippen molar-refractivity contribution in [2.45, 2.75) is 26.9 Å². The molecule has 0 fully saturated rings. The fraction of sp³-hybridized carbons (Fsp3) is 0.222. The third-order valence-electron chi connectivity index (χ3n) is 3.89. The van der Waals surface area contributed by atoms with E-state index in [9.17, 15) is 4.79 Å². The molecule has 4 rings (SSSR count). The third kappa shape index (κ3) is 3.57. The molecule has 11 nitrogen and oxygen atoms in total. The molecule has 3 N–H and O–H groups in total. The first-order valence-electron chi connectivity index (χ1n) is 8.89. The Hall–Kier alpha value is -4.02. The molecule has 4 aromatic heterocycles. The number of carbonyl (C=O) groups excluding carboxylic acids is 1. The predicted octanol–water partition coefficient (Wildman–Crippen LogP) is 2.41. The average Bonchev–Trinajstić information content (AvgIpc) is 3.24. The molecule has 0 aliphatic rings. The van der Waals surface area contributed by atoms with Crippen molar-refractivity contribution < 1.29 is 9.53 Å². The van der Waals surface area contributed by atoms with Crippen LogP contribution in [-0.4, -0.2) is 46.5 Å². The Balaban J connectivity index is 1.82. The van der Waals surface area contributed by atoms with Gasteiger partial charge in [-0.2, -0.15) is 10.2 Å². The number of rotatable bonds is 4. The van der Waals surface area contributed by atoms with Gasteiger partial charge in [0.05, 0.1) is 18.0 Å². The average molecular weight is 393 g/mol. The molecule has 148 valence electrons. The second-order valence-electron chi connectivity index (χ2n) is 6.51. The maximum Gasteiger partial charge on any atom is 0.436 e. The smallest absolute Gasteiger partial charge is 0.436 e. The summed E-state index contributed by atoms with van der Waals surface area (Å²) in [5.74, 6) is 1.66. The molecule has 0 bridgehead atoms. The molecule has 4 aromatic rings. The number of imidazole rings is 1. The molecule has 0 aliphatic carbocycles. The van der Waals surface area contributed by atoms with E-state index >= 15 is 0 Å². The Bertz CT molecular complexity index is 1170. The number of aryl methyl sites for hydroxylation is 1. The second kappa shape index (κ2) is 7.19. The number of aromatic nitrogens is 7. The SMILES string of the molecule is Cc1nc(N)cc(-c2c(Nc3ccnn3C(=O)OC(C)C)nc3cccnn23)n1. The maximum atomic E-state index is 12.3. The van der Waals surface area contributed by atoms with Gasteiger partial charge in [0.2, 0.25) is 0 Å². The van der Waals surface area contributed by atoms with Crippen molar-refractivity contribution in [3.05, 3.63) is 42.5 Å². The minimum Gasteiger partial charge on any atom is -0.445 e. The van der Waals surface area contributed by atoms with Crippen LogP contribution in [0, 0.1) is 6.92 Å². The molecule has 0 aromatic carbocycles. The molecule has 0 amide bonds. The molecular weight excluding hydrogens is 374 g/mol. The lowest BCUT2D eigenvalue weighted by Crippen LogP contribution is -2.20. The standard InChI is InChI=1S/C18H19N9O2/c1-10(2)29-18(28)27-15(6-8-21-27)25-17-16(12-9-13(19)23-11(3)22-12)26-14(24-17)5-4-7-20-26/h4-10,25H,1-3H3,(H2,19,22,23). The van der Waals surface area contributed by atoms with Crippen LogP contribution >= 0.6 is 0 Å². The summed E-state index contributed by atoms with van der Waals surface area (Å²) >= 11 is 0. The van der Waals surface area contributed by atoms with Crippen molar-refractivity contribution in [3.63, 3.8) is 0 Å². The minimum absolute atomic E-state index is 0.276. The van der Waals surface area contributed by atoms with Gasteiger partial charge in [-0.15, -0.1) is 4.68 Å². The van der Waals surface area contributed by atoms with Crippen LogP contribution in [0.4, 0.5) is 22.2 Å². The summed E-state index contributed by atoms with van der Waals surface area (Å²) < 4.78 is 7.99. The first kappa shape index (κ1) is 18.3. The second-order valence-corrected chi connectivity index (χ2v) is 6.51. The van der Waals surface area contributed by atoms with Crippen LogP contribution in [0.25, 0.3) is 17.0 Å². The Morgan fingerprint density at radius 2 is 2.00 bits per heavy atom. The maximum absolute atomic E-state index is 12.3. The van der Waals surface area contributed by atoms with E-state index in [4.69, 9.17) is 10.5 Å². The fourth-order valence-corrected chi connectivity index (χ4v) is 2.83. The van der Waals surface area contributed by atoms with E-state index in [0.717, 1.165) is 4.68 Å². The van der Waals surface area contributed by atoms with E-state index in [1.807, 2.05) is 6.07 Å². The van der Waals surface area contributed by atoms with E-state index < -0.39 is 6.09 Å². The highest BCUT2D eigenvalue weighted by Gasteiger charge is 2.21. The van der Waals surface area contributed by atoms with Crippen molar-refractivity contribution in [3.8, 4) is 11.4 Å². The zero-order valence-corrected chi connectivity index (χ0v) is 16.1. The largest absolute Gasteiger partial charge is 0.445 e. The number of nitrogens with one attached hydrogen (secondary N) is 1. The summed E-state index contributed by atoms with van der Waals surface area (Å²) in [6.45, 7) is 5.28. The van der Waals surface area contributed by atoms with Crippen LogP contribution < -0.4 is 11.1 Å². The van der Waals surface area contributed by atoms with Gasteiger partial charge in [0.1, 0.15) is 23.2 Å². The number of nitrogens with zero attached hydrogens (tertiary/aromatic N) is 7. The van der Waals surface area contributed by atoms with Gasteiger partial charge < -0.3 is 15.8 Å². The number of hydrogen-bond donors (Lipinski definition) is 2. The number of anilines is 3. The van der Waals surface area contributed by atoms with Gasteiger partial charge in [0.25, 0.3) is 0 Å². The monoisotopic (exact) mass is 393 g/mol. The van der Waals surface area contributed by atoms with Crippen molar-refractivity contribution >= 4 is 29.2 Å². The Morgan fingerprint density at radius 1 is 1.17 bits per heavy atom. The van der Waals surface area contributed by atoms with Gasteiger partial charge in [0.15, 0.2) is 11.5 Å². The lowest BCUT2D eigenvalue weighted by Gasteiger charge is -2.11. The number of ether oxygens (including phenoxy) is 1. The minimum atomic E-state index is -0.599. The number of nitrogen functional groups attached to an aromatic ring is 1. The molecule has 0 spiro atoms. The third-order valence-corrected chi connectivity index (χ3v) is 3.89. The highest BCUT2D eigenvalue weighted by atomic mass is 16.6. The van der Waals surface area contributed by atoms with Gasteiger partial charge in [-0.1, -0.05) is 0 Å². The molecule has 0 saturated heterocycles. The highest BCUT2D eigenvalue weighted by Crippen LogP contribution is 2.30. The molecule has 0 saturated carbocycles. The van der Waals surface area contributed by atoms with E-state index in [1.165, 1.54) is 6.20 Å². The van der Waals surface area contributed by atoms with E-state index in [2.05, 4.69) is 30.5 Å². The molecule has 11 heteroatoms. The van der Waals surface area contributed by atoms with Crippen molar-refractivity contribution in [1.29, 1.82) is 0 Å². The molecule has 0 atom stereocenters. The van der Waals surface area contributed by atoms with Crippen molar-refractivity contribution in [2.24, 2.45) is 0 Å². The number of fused-ring (bicyclic) bond motifs is 1. The van der Waals surface area contributed by atoms with Gasteiger partial charge in [0, 0.05) is 18.3 Å². The molecule has 0 unspecified atom stereocenters. The van der Waals surface area contributed by atoms with Crippen molar-refractivity contribution in [1.82, 2.24) is 34.3 Å². The Morgan fingerprint density at radius 3 is 2.76 bits per heavy atom. The van der Waals surface area contributed by atoms with Gasteiger partial charge in [-0.25, -0.2) is 24.3 Å². The number of nitrogens with two attached hydrogens (primary N) is 1. The Kier molecular flexibility index (Phi) is 4.55.